The minimum absolute atomic E-state index is 0.325. The molecule has 0 saturated heterocycles. The van der Waals surface area contributed by atoms with Crippen LogP contribution in [0.3, 0.4) is 0 Å². The molecule has 0 spiro atoms. The molecule has 0 saturated carbocycles. The minimum Gasteiger partial charge on any atom is -0.449 e. The molecule has 0 atom stereocenters. The van der Waals surface area contributed by atoms with Crippen LogP contribution in [0.15, 0.2) is 17.2 Å². The van der Waals surface area contributed by atoms with Gasteiger partial charge in [-0.25, -0.2) is 10.2 Å². The van der Waals surface area contributed by atoms with Crippen molar-refractivity contribution in [3.05, 3.63) is 21.3 Å². The zero-order chi connectivity index (χ0) is 11.3. The van der Waals surface area contributed by atoms with Crippen LogP contribution < -0.4 is 5.43 Å². The number of ether oxygens (including phenoxy) is 1. The summed E-state index contributed by atoms with van der Waals surface area (Å²) >= 11 is 7.17. The summed E-state index contributed by atoms with van der Waals surface area (Å²) in [6.45, 7) is 3.84. The van der Waals surface area contributed by atoms with Gasteiger partial charge in [-0.3, -0.25) is 0 Å². The van der Waals surface area contributed by atoms with Crippen LogP contribution in [-0.4, -0.2) is 18.4 Å². The van der Waals surface area contributed by atoms with Gasteiger partial charge in [0, 0.05) is 0 Å². The largest absolute Gasteiger partial charge is 0.449 e. The molecule has 1 rings (SSSR count). The smallest absolute Gasteiger partial charge is 0.427 e. The lowest BCUT2D eigenvalue weighted by Crippen LogP contribution is -2.20. The third-order valence-corrected chi connectivity index (χ3v) is 2.86. The predicted octanol–water partition coefficient (Wildman–Crippen LogP) is 2.87. The molecule has 15 heavy (non-hydrogen) atoms. The quantitative estimate of drug-likeness (QED) is 0.659. The van der Waals surface area contributed by atoms with Crippen molar-refractivity contribution in [1.82, 2.24) is 5.43 Å². The summed E-state index contributed by atoms with van der Waals surface area (Å²) in [6.07, 6.45) is -0.556. The second-order valence-electron chi connectivity index (χ2n) is 2.63. The van der Waals surface area contributed by atoms with E-state index in [2.05, 4.69) is 15.3 Å². The first kappa shape index (κ1) is 12.0. The average molecular weight is 247 g/mol. The standard InChI is InChI=1S/C9H11ClN2O2S/c1-3-14-9(13)12-11-6(2)7-4-5-8(10)15-7/h4-5H,3H2,1-2H3,(H,12,13). The van der Waals surface area contributed by atoms with Crippen LogP contribution in [0.25, 0.3) is 0 Å². The number of hydrogen-bond donors (Lipinski definition) is 1. The molecule has 0 aromatic carbocycles. The summed E-state index contributed by atoms with van der Waals surface area (Å²) in [5.74, 6) is 0. The topological polar surface area (TPSA) is 50.7 Å². The number of thiophene rings is 1. The number of nitrogens with zero attached hydrogens (tertiary/aromatic N) is 1. The Morgan fingerprint density at radius 1 is 1.67 bits per heavy atom. The molecule has 82 valence electrons. The van der Waals surface area contributed by atoms with E-state index in [1.807, 2.05) is 6.07 Å². The molecule has 1 aromatic heterocycles. The maximum absolute atomic E-state index is 10.9. The Morgan fingerprint density at radius 3 is 2.93 bits per heavy atom. The molecular formula is C9H11ClN2O2S. The van der Waals surface area contributed by atoms with Gasteiger partial charge < -0.3 is 4.74 Å². The van der Waals surface area contributed by atoms with Gasteiger partial charge in [0.15, 0.2) is 0 Å². The zero-order valence-electron chi connectivity index (χ0n) is 8.41. The van der Waals surface area contributed by atoms with Gasteiger partial charge in [-0.05, 0) is 26.0 Å². The summed E-state index contributed by atoms with van der Waals surface area (Å²) in [5.41, 5.74) is 2.98. The van der Waals surface area contributed by atoms with E-state index in [0.717, 1.165) is 4.88 Å². The van der Waals surface area contributed by atoms with Crippen LogP contribution in [0.2, 0.25) is 4.34 Å². The first-order chi connectivity index (χ1) is 7.13. The number of halogens is 1. The second kappa shape index (κ2) is 5.72. The van der Waals surface area contributed by atoms with Crippen LogP contribution in [0, 0.1) is 0 Å². The Balaban J connectivity index is 2.56. The number of carbonyl (C=O) groups excluding carboxylic acids is 1. The van der Waals surface area contributed by atoms with Gasteiger partial charge in [0.1, 0.15) is 0 Å². The van der Waals surface area contributed by atoms with Crippen LogP contribution in [-0.2, 0) is 4.74 Å². The number of nitrogens with one attached hydrogen (secondary N) is 1. The van der Waals surface area contributed by atoms with Gasteiger partial charge in [-0.2, -0.15) is 5.10 Å². The Morgan fingerprint density at radius 2 is 2.40 bits per heavy atom. The van der Waals surface area contributed by atoms with E-state index < -0.39 is 6.09 Å². The third-order valence-electron chi connectivity index (χ3n) is 1.52. The van der Waals surface area contributed by atoms with Gasteiger partial charge in [0.2, 0.25) is 0 Å². The van der Waals surface area contributed by atoms with Crippen molar-refractivity contribution in [3.63, 3.8) is 0 Å². The average Bonchev–Trinajstić information content (AvgIpc) is 2.62. The number of hydrogen-bond acceptors (Lipinski definition) is 4. The summed E-state index contributed by atoms with van der Waals surface area (Å²) in [7, 11) is 0. The highest BCUT2D eigenvalue weighted by molar-refractivity contribution is 7.18. The molecule has 1 amide bonds. The molecule has 0 fully saturated rings. The van der Waals surface area contributed by atoms with E-state index in [-0.39, 0.29) is 0 Å². The molecule has 6 heteroatoms. The van der Waals surface area contributed by atoms with E-state index >= 15 is 0 Å². The summed E-state index contributed by atoms with van der Waals surface area (Å²) in [6, 6.07) is 3.63. The van der Waals surface area contributed by atoms with Crippen molar-refractivity contribution in [1.29, 1.82) is 0 Å². The molecular weight excluding hydrogens is 236 g/mol. The fraction of sp³-hybridized carbons (Fsp3) is 0.333. The summed E-state index contributed by atoms with van der Waals surface area (Å²) in [5, 5.41) is 3.87. The molecule has 0 aliphatic heterocycles. The lowest BCUT2D eigenvalue weighted by Gasteiger charge is -2.00. The maximum Gasteiger partial charge on any atom is 0.427 e. The monoisotopic (exact) mass is 246 g/mol. The number of carbonyl (C=O) groups is 1. The molecule has 0 bridgehead atoms. The van der Waals surface area contributed by atoms with Crippen molar-refractivity contribution in [2.24, 2.45) is 5.10 Å². The molecule has 0 aliphatic rings. The van der Waals surface area contributed by atoms with E-state index in [1.165, 1.54) is 11.3 Å². The first-order valence-corrected chi connectivity index (χ1v) is 5.55. The second-order valence-corrected chi connectivity index (χ2v) is 4.35. The predicted molar refractivity (Wildman–Crippen MR) is 61.7 cm³/mol. The van der Waals surface area contributed by atoms with Crippen LogP contribution in [0.4, 0.5) is 4.79 Å². The molecule has 1 heterocycles. The van der Waals surface area contributed by atoms with E-state index in [4.69, 9.17) is 11.6 Å². The lowest BCUT2D eigenvalue weighted by atomic mass is 10.3. The van der Waals surface area contributed by atoms with Crippen molar-refractivity contribution >= 4 is 34.7 Å². The summed E-state index contributed by atoms with van der Waals surface area (Å²) < 4.78 is 5.34. The fourth-order valence-electron chi connectivity index (χ4n) is 0.857. The first-order valence-electron chi connectivity index (χ1n) is 4.36. The molecule has 1 aromatic rings. The van der Waals surface area contributed by atoms with Gasteiger partial charge in [0.05, 0.1) is 21.5 Å². The number of hydrazone groups is 1. The SMILES string of the molecule is CCOC(=O)NN=C(C)c1ccc(Cl)s1. The Bertz CT molecular complexity index is 376. The van der Waals surface area contributed by atoms with Crippen molar-refractivity contribution in [2.75, 3.05) is 6.61 Å². The number of rotatable bonds is 3. The fourth-order valence-corrected chi connectivity index (χ4v) is 1.84. The van der Waals surface area contributed by atoms with Crippen molar-refractivity contribution in [2.45, 2.75) is 13.8 Å². The van der Waals surface area contributed by atoms with Crippen molar-refractivity contribution < 1.29 is 9.53 Å². The third kappa shape index (κ3) is 3.89. The Kier molecular flexibility index (Phi) is 4.58. The summed E-state index contributed by atoms with van der Waals surface area (Å²) in [4.78, 5) is 11.8. The molecule has 1 N–H and O–H groups in total. The van der Waals surface area contributed by atoms with Gasteiger partial charge in [0.25, 0.3) is 0 Å². The maximum atomic E-state index is 10.9. The zero-order valence-corrected chi connectivity index (χ0v) is 9.98. The van der Waals surface area contributed by atoms with Crippen LogP contribution >= 0.6 is 22.9 Å². The van der Waals surface area contributed by atoms with Crippen LogP contribution in [0.1, 0.15) is 18.7 Å². The van der Waals surface area contributed by atoms with Gasteiger partial charge in [-0.15, -0.1) is 11.3 Å². The highest BCUT2D eigenvalue weighted by atomic mass is 35.5. The normalized spacial score (nSPS) is 11.3. The Hall–Kier alpha value is -1.07. The van der Waals surface area contributed by atoms with E-state index in [1.54, 1.807) is 19.9 Å². The highest BCUT2D eigenvalue weighted by Gasteiger charge is 2.03. The van der Waals surface area contributed by atoms with Crippen molar-refractivity contribution in [3.8, 4) is 0 Å². The van der Waals surface area contributed by atoms with E-state index in [9.17, 15) is 4.79 Å². The lowest BCUT2D eigenvalue weighted by molar-refractivity contribution is 0.152. The van der Waals surface area contributed by atoms with Gasteiger partial charge >= 0.3 is 6.09 Å². The molecule has 4 nitrogen and oxygen atoms in total. The number of amides is 1. The molecule has 0 aliphatic carbocycles. The van der Waals surface area contributed by atoms with E-state index in [0.29, 0.717) is 16.7 Å². The Labute approximate surface area is 96.9 Å². The molecule has 0 radical (unpaired) electrons. The molecule has 0 unspecified atom stereocenters. The van der Waals surface area contributed by atoms with Crippen LogP contribution in [0.5, 0.6) is 0 Å². The highest BCUT2D eigenvalue weighted by Crippen LogP contribution is 2.21. The van der Waals surface area contributed by atoms with Gasteiger partial charge in [-0.1, -0.05) is 11.6 Å². The minimum atomic E-state index is -0.556.